The first-order valence-electron chi connectivity index (χ1n) is 15.3. The number of carbonyl (C=O) groups is 3. The summed E-state index contributed by atoms with van der Waals surface area (Å²) in [5.41, 5.74) is 3.32. The highest BCUT2D eigenvalue weighted by Gasteiger charge is 2.23. The minimum absolute atomic E-state index is 0.0882. The molecule has 5 rings (SSSR count). The molecule has 0 aliphatic carbocycles. The quantitative estimate of drug-likeness (QED) is 0.0545. The number of nitrogens with one attached hydrogen (secondary N) is 1. The third-order valence-electron chi connectivity index (χ3n) is 7.45. The first kappa shape index (κ1) is 32.9. The number of nitrogens with zero attached hydrogens (tertiary/aromatic N) is 1. The number of thiophene rings is 1. The van der Waals surface area contributed by atoms with Crippen molar-refractivity contribution in [1.29, 1.82) is 0 Å². The van der Waals surface area contributed by atoms with Gasteiger partial charge in [0, 0.05) is 46.4 Å². The highest BCUT2D eigenvalue weighted by molar-refractivity contribution is 7.10. The molecule has 0 aliphatic rings. The molecule has 8 heteroatoms. The molecule has 1 unspecified atom stereocenters. The molecular formula is C39H36N2O5S. The highest BCUT2D eigenvalue weighted by atomic mass is 32.1. The zero-order valence-electron chi connectivity index (χ0n) is 26.1. The summed E-state index contributed by atoms with van der Waals surface area (Å²) in [6.07, 6.45) is 4.41. The molecule has 1 aromatic heterocycles. The van der Waals surface area contributed by atoms with E-state index in [0.717, 1.165) is 16.1 Å². The largest absolute Gasteiger partial charge is 0.494 e. The Labute approximate surface area is 279 Å². The van der Waals surface area contributed by atoms with Crippen LogP contribution in [0.25, 0.3) is 6.08 Å². The van der Waals surface area contributed by atoms with Crippen LogP contribution < -0.4 is 15.0 Å². The van der Waals surface area contributed by atoms with E-state index in [9.17, 15) is 14.4 Å². The van der Waals surface area contributed by atoms with Crippen molar-refractivity contribution in [1.82, 2.24) is 0 Å². The van der Waals surface area contributed by atoms with E-state index in [1.165, 1.54) is 7.11 Å². The number of benzene rings is 4. The van der Waals surface area contributed by atoms with E-state index >= 15 is 0 Å². The fourth-order valence-electron chi connectivity index (χ4n) is 5.05. The molecule has 7 nitrogen and oxygen atoms in total. The normalized spacial score (nSPS) is 11.5. The predicted octanol–water partition coefficient (Wildman–Crippen LogP) is 7.69. The molecule has 1 N–H and O–H groups in total. The molecule has 0 fully saturated rings. The number of esters is 1. The minimum Gasteiger partial charge on any atom is -0.494 e. The number of hydrogen-bond donors (Lipinski definition) is 1. The summed E-state index contributed by atoms with van der Waals surface area (Å²) in [7, 11) is 1.35. The van der Waals surface area contributed by atoms with Crippen LogP contribution in [0.5, 0.6) is 5.75 Å². The second-order valence-electron chi connectivity index (χ2n) is 10.7. The lowest BCUT2D eigenvalue weighted by molar-refractivity contribution is -0.141. The highest BCUT2D eigenvalue weighted by Crippen LogP contribution is 2.23. The minimum atomic E-state index is -0.716. The molecule has 0 saturated heterocycles. The van der Waals surface area contributed by atoms with Crippen LogP contribution in [0.1, 0.15) is 32.8 Å². The van der Waals surface area contributed by atoms with Gasteiger partial charge in [0.1, 0.15) is 11.8 Å². The Morgan fingerprint density at radius 1 is 0.830 bits per heavy atom. The number of para-hydroxylation sites is 2. The molecule has 0 aliphatic heterocycles. The average molecular weight is 645 g/mol. The van der Waals surface area contributed by atoms with E-state index in [0.29, 0.717) is 48.6 Å². The summed E-state index contributed by atoms with van der Waals surface area (Å²) >= 11 is 1.58. The van der Waals surface area contributed by atoms with Crippen molar-refractivity contribution >= 4 is 46.4 Å². The number of ether oxygens (including phenoxy) is 2. The molecule has 47 heavy (non-hydrogen) atoms. The van der Waals surface area contributed by atoms with Gasteiger partial charge in [-0.1, -0.05) is 78.9 Å². The lowest BCUT2D eigenvalue weighted by Gasteiger charge is -2.21. The van der Waals surface area contributed by atoms with Crippen molar-refractivity contribution in [3.63, 3.8) is 0 Å². The zero-order valence-corrected chi connectivity index (χ0v) is 26.9. The Bertz CT molecular complexity index is 1770. The molecule has 5 aromatic rings. The van der Waals surface area contributed by atoms with Crippen LogP contribution in [0.3, 0.4) is 0 Å². The van der Waals surface area contributed by atoms with E-state index in [1.807, 2.05) is 102 Å². The summed E-state index contributed by atoms with van der Waals surface area (Å²) < 4.78 is 11.1. The van der Waals surface area contributed by atoms with Gasteiger partial charge in [0.05, 0.1) is 13.7 Å². The van der Waals surface area contributed by atoms with Crippen LogP contribution in [0, 0.1) is 0 Å². The molecule has 4 aromatic carbocycles. The number of hydrogen-bond acceptors (Lipinski definition) is 7. The van der Waals surface area contributed by atoms with Gasteiger partial charge >= 0.3 is 5.97 Å². The SMILES string of the molecule is COC(=O)C(Cc1ccc(OCCCN(C(=O)C=Cc2cccs2)c2ccccc2)cc1)Nc1ccccc1C(=O)c1ccccc1. The second-order valence-corrected chi connectivity index (χ2v) is 11.7. The maximum absolute atomic E-state index is 13.2. The number of anilines is 2. The lowest BCUT2D eigenvalue weighted by Crippen LogP contribution is -2.33. The van der Waals surface area contributed by atoms with Crippen molar-refractivity contribution in [2.24, 2.45) is 0 Å². The topological polar surface area (TPSA) is 84.9 Å². The number of rotatable bonds is 15. The van der Waals surface area contributed by atoms with Crippen molar-refractivity contribution in [3.8, 4) is 5.75 Å². The van der Waals surface area contributed by atoms with Gasteiger partial charge in [-0.15, -0.1) is 11.3 Å². The van der Waals surface area contributed by atoms with Gasteiger partial charge in [0.2, 0.25) is 0 Å². The molecule has 0 saturated carbocycles. The van der Waals surface area contributed by atoms with E-state index in [2.05, 4.69) is 5.32 Å². The number of amides is 1. The third-order valence-corrected chi connectivity index (χ3v) is 8.29. The van der Waals surface area contributed by atoms with Crippen molar-refractivity contribution in [2.45, 2.75) is 18.9 Å². The first-order valence-corrected chi connectivity index (χ1v) is 16.2. The van der Waals surface area contributed by atoms with Crippen LogP contribution >= 0.6 is 11.3 Å². The summed E-state index contributed by atoms with van der Waals surface area (Å²) in [5.74, 6) is 0.0278. The van der Waals surface area contributed by atoms with Crippen molar-refractivity contribution in [2.75, 3.05) is 30.5 Å². The Morgan fingerprint density at radius 2 is 1.53 bits per heavy atom. The maximum atomic E-state index is 13.2. The van der Waals surface area contributed by atoms with Crippen molar-refractivity contribution < 1.29 is 23.9 Å². The fraction of sp³-hybridized carbons (Fsp3) is 0.154. The average Bonchev–Trinajstić information content (AvgIpc) is 3.65. The molecular weight excluding hydrogens is 609 g/mol. The number of methoxy groups -OCH3 is 1. The molecule has 1 amide bonds. The molecule has 0 bridgehead atoms. The maximum Gasteiger partial charge on any atom is 0.328 e. The fourth-order valence-corrected chi connectivity index (χ4v) is 5.67. The van der Waals surface area contributed by atoms with Gasteiger partial charge in [0.15, 0.2) is 5.78 Å². The monoisotopic (exact) mass is 644 g/mol. The molecule has 1 heterocycles. The number of ketones is 1. The Hall–Kier alpha value is -5.47. The van der Waals surface area contributed by atoms with Crippen LogP contribution in [0.2, 0.25) is 0 Å². The Kier molecular flexibility index (Phi) is 11.7. The lowest BCUT2D eigenvalue weighted by atomic mass is 10.00. The molecule has 0 spiro atoms. The summed E-state index contributed by atoms with van der Waals surface area (Å²) in [6.45, 7) is 0.916. The van der Waals surface area contributed by atoms with Crippen LogP contribution in [0.4, 0.5) is 11.4 Å². The smallest absolute Gasteiger partial charge is 0.328 e. The third kappa shape index (κ3) is 9.28. The summed E-state index contributed by atoms with van der Waals surface area (Å²) in [6, 6.07) is 36.5. The molecule has 238 valence electrons. The predicted molar refractivity (Wildman–Crippen MR) is 188 cm³/mol. The van der Waals surface area contributed by atoms with Gasteiger partial charge in [0.25, 0.3) is 5.91 Å². The Balaban J connectivity index is 1.18. The van der Waals surface area contributed by atoms with Crippen LogP contribution in [-0.4, -0.2) is 44.0 Å². The van der Waals surface area contributed by atoms with E-state index in [-0.39, 0.29) is 11.7 Å². The summed E-state index contributed by atoms with van der Waals surface area (Å²) in [4.78, 5) is 41.9. The molecule has 0 radical (unpaired) electrons. The first-order chi connectivity index (χ1) is 23.0. The summed E-state index contributed by atoms with van der Waals surface area (Å²) in [5, 5.41) is 5.22. The number of carbonyl (C=O) groups excluding carboxylic acids is 3. The van der Waals surface area contributed by atoms with E-state index in [4.69, 9.17) is 9.47 Å². The van der Waals surface area contributed by atoms with Gasteiger partial charge in [-0.3, -0.25) is 9.59 Å². The van der Waals surface area contributed by atoms with Crippen molar-refractivity contribution in [3.05, 3.63) is 154 Å². The van der Waals surface area contributed by atoms with Crippen LogP contribution in [-0.2, 0) is 20.7 Å². The van der Waals surface area contributed by atoms with Gasteiger partial charge in [-0.05, 0) is 65.9 Å². The van der Waals surface area contributed by atoms with Gasteiger partial charge < -0.3 is 19.7 Å². The second kappa shape index (κ2) is 16.7. The molecule has 1 atom stereocenters. The standard InChI is InChI=1S/C39H36N2O5S/c1-45-39(44)36(40-35-18-9-8-17-34(35)38(43)30-12-4-2-5-13-30)28-29-19-21-32(22-20-29)46-26-11-25-41(31-14-6-3-7-15-31)37(42)24-23-33-16-10-27-47-33/h2-10,12-24,27,36,40H,11,25-26,28H2,1H3. The van der Waals surface area contributed by atoms with Crippen LogP contribution in [0.15, 0.2) is 133 Å². The zero-order chi connectivity index (χ0) is 32.8. The Morgan fingerprint density at radius 3 is 2.23 bits per heavy atom. The van der Waals surface area contributed by atoms with Gasteiger partial charge in [-0.25, -0.2) is 4.79 Å². The van der Waals surface area contributed by atoms with E-state index < -0.39 is 12.0 Å². The van der Waals surface area contributed by atoms with E-state index in [1.54, 1.807) is 52.6 Å². The van der Waals surface area contributed by atoms with Gasteiger partial charge in [-0.2, -0.15) is 0 Å².